The smallest absolute Gasteiger partial charge is 1.00 e. The molecule has 0 saturated heterocycles. The van der Waals surface area contributed by atoms with E-state index in [2.05, 4.69) is 10.9 Å². The Labute approximate surface area is 77.3 Å². The van der Waals surface area contributed by atoms with Crippen molar-refractivity contribution < 1.29 is 49.0 Å². The van der Waals surface area contributed by atoms with Crippen LogP contribution in [0.1, 0.15) is 1.43 Å². The summed E-state index contributed by atoms with van der Waals surface area (Å²) in [6.45, 7) is 3.12. The molecule has 0 rings (SSSR count). The van der Waals surface area contributed by atoms with Crippen molar-refractivity contribution in [1.29, 1.82) is 0 Å². The van der Waals surface area contributed by atoms with E-state index >= 15 is 0 Å². The zero-order valence-electron chi connectivity index (χ0n) is 6.07. The fourth-order valence-corrected chi connectivity index (χ4v) is 0.524. The summed E-state index contributed by atoms with van der Waals surface area (Å²) in [7, 11) is -3.73. The van der Waals surface area contributed by atoms with Crippen LogP contribution in [0, 0.1) is 0 Å². The Balaban J connectivity index is -0.000000245. The molecule has 0 aromatic carbocycles. The number of hydrogen-bond donors (Lipinski definition) is 1. The first kappa shape index (κ1) is 12.3. The summed E-state index contributed by atoms with van der Waals surface area (Å²) in [5, 5.41) is 7.59. The topological polar surface area (TPSA) is 63.6 Å². The van der Waals surface area contributed by atoms with Crippen molar-refractivity contribution in [1.82, 2.24) is 0 Å². The standard InChI is InChI=1S/C3H6O4S.Na.H/c1-2-3-8(5,6)7-4;;/h2,4H,1,3H2;;/q;+1;-1. The Morgan fingerprint density at radius 3 is 2.33 bits per heavy atom. The summed E-state index contributed by atoms with van der Waals surface area (Å²) < 4.78 is 23.2. The maximum Gasteiger partial charge on any atom is 1.00 e. The Morgan fingerprint density at radius 1 is 1.78 bits per heavy atom. The van der Waals surface area contributed by atoms with Crippen LogP contribution >= 0.6 is 0 Å². The average Bonchev–Trinajstić information content (AvgIpc) is 1.67. The quantitative estimate of drug-likeness (QED) is 0.209. The van der Waals surface area contributed by atoms with Crippen molar-refractivity contribution in [3.63, 3.8) is 0 Å². The first-order chi connectivity index (χ1) is 3.62. The number of rotatable bonds is 3. The molecule has 0 bridgehead atoms. The minimum Gasteiger partial charge on any atom is -1.00 e. The molecule has 0 radical (unpaired) electrons. The van der Waals surface area contributed by atoms with Crippen LogP contribution in [0.15, 0.2) is 12.7 Å². The van der Waals surface area contributed by atoms with E-state index in [9.17, 15) is 8.42 Å². The Morgan fingerprint density at radius 2 is 2.22 bits per heavy atom. The molecule has 0 aromatic heterocycles. The molecule has 50 valence electrons. The van der Waals surface area contributed by atoms with Crippen LogP contribution in [0.3, 0.4) is 0 Å². The van der Waals surface area contributed by atoms with Crippen LogP contribution < -0.4 is 29.6 Å². The summed E-state index contributed by atoms with van der Waals surface area (Å²) in [6, 6.07) is 0. The predicted molar refractivity (Wildman–Crippen MR) is 28.8 cm³/mol. The second kappa shape index (κ2) is 5.40. The molecule has 0 spiro atoms. The van der Waals surface area contributed by atoms with Crippen molar-refractivity contribution in [2.45, 2.75) is 0 Å². The van der Waals surface area contributed by atoms with Gasteiger partial charge in [0.15, 0.2) is 0 Å². The Hall–Kier alpha value is 0.610. The Bertz CT molecular complexity index is 165. The third kappa shape index (κ3) is 6.50. The van der Waals surface area contributed by atoms with Gasteiger partial charge in [-0.25, -0.2) is 5.26 Å². The van der Waals surface area contributed by atoms with E-state index in [1.54, 1.807) is 0 Å². The number of hydrogen-bond acceptors (Lipinski definition) is 4. The van der Waals surface area contributed by atoms with E-state index in [0.717, 1.165) is 6.08 Å². The first-order valence-electron chi connectivity index (χ1n) is 1.79. The van der Waals surface area contributed by atoms with Crippen LogP contribution in [0.2, 0.25) is 0 Å². The largest absolute Gasteiger partial charge is 1.00 e. The summed E-state index contributed by atoms with van der Waals surface area (Å²) in [5.74, 6) is -0.372. The van der Waals surface area contributed by atoms with Gasteiger partial charge in [-0.2, -0.15) is 8.42 Å². The minimum absolute atomic E-state index is 0. The zero-order valence-corrected chi connectivity index (χ0v) is 7.89. The van der Waals surface area contributed by atoms with Gasteiger partial charge in [0.2, 0.25) is 0 Å². The molecule has 9 heavy (non-hydrogen) atoms. The third-order valence-corrected chi connectivity index (χ3v) is 1.31. The summed E-state index contributed by atoms with van der Waals surface area (Å²) in [4.78, 5) is 0. The van der Waals surface area contributed by atoms with Crippen molar-refractivity contribution in [2.75, 3.05) is 5.75 Å². The first-order valence-corrected chi connectivity index (χ1v) is 3.37. The van der Waals surface area contributed by atoms with Crippen LogP contribution in [0.25, 0.3) is 0 Å². The van der Waals surface area contributed by atoms with Crippen molar-refractivity contribution in [2.24, 2.45) is 0 Å². The van der Waals surface area contributed by atoms with Crippen molar-refractivity contribution in [3.05, 3.63) is 12.7 Å². The monoisotopic (exact) mass is 162 g/mol. The molecule has 1 N–H and O–H groups in total. The molecular formula is C3H7NaO4S. The predicted octanol–water partition coefficient (Wildman–Crippen LogP) is -2.89. The maximum atomic E-state index is 10.1. The molecule has 0 unspecified atom stereocenters. The maximum absolute atomic E-state index is 10.1. The molecule has 0 aliphatic heterocycles. The fourth-order valence-electron chi connectivity index (χ4n) is 0.175. The average molecular weight is 162 g/mol. The molecule has 0 aliphatic rings. The van der Waals surface area contributed by atoms with Gasteiger partial charge in [-0.15, -0.1) is 10.9 Å². The minimum atomic E-state index is -3.73. The molecule has 0 saturated carbocycles. The van der Waals surface area contributed by atoms with E-state index in [4.69, 9.17) is 5.26 Å². The van der Waals surface area contributed by atoms with E-state index < -0.39 is 10.1 Å². The van der Waals surface area contributed by atoms with E-state index in [0.29, 0.717) is 0 Å². The van der Waals surface area contributed by atoms with Crippen molar-refractivity contribution >= 4 is 10.1 Å². The van der Waals surface area contributed by atoms with Gasteiger partial charge < -0.3 is 1.43 Å². The SMILES string of the molecule is C=CCS(=O)(=O)OO.[H-].[Na+]. The fraction of sp³-hybridized carbons (Fsp3) is 0.333. The molecule has 6 heteroatoms. The van der Waals surface area contributed by atoms with Crippen LogP contribution in [0.5, 0.6) is 0 Å². The molecule has 0 atom stereocenters. The molecule has 0 fully saturated rings. The van der Waals surface area contributed by atoms with Gasteiger partial charge in [0, 0.05) is 0 Å². The molecule has 4 nitrogen and oxygen atoms in total. The van der Waals surface area contributed by atoms with Crippen LogP contribution in [0.4, 0.5) is 0 Å². The normalized spacial score (nSPS) is 9.89. The van der Waals surface area contributed by atoms with Gasteiger partial charge >= 0.3 is 29.6 Å². The molecule has 0 heterocycles. The van der Waals surface area contributed by atoms with Gasteiger partial charge in [-0.05, 0) is 0 Å². The zero-order chi connectivity index (χ0) is 6.62. The van der Waals surface area contributed by atoms with Gasteiger partial charge in [0.05, 0.1) is 5.75 Å². The molecule has 0 aliphatic carbocycles. The second-order valence-electron chi connectivity index (χ2n) is 1.09. The Kier molecular flexibility index (Phi) is 7.38. The molecule has 0 amide bonds. The van der Waals surface area contributed by atoms with Gasteiger partial charge in [-0.1, -0.05) is 6.08 Å². The van der Waals surface area contributed by atoms with Gasteiger partial charge in [0.25, 0.3) is 10.1 Å². The summed E-state index contributed by atoms with van der Waals surface area (Å²) in [6.07, 6.45) is 1.12. The second-order valence-corrected chi connectivity index (χ2v) is 2.69. The van der Waals surface area contributed by atoms with Gasteiger partial charge in [0.1, 0.15) is 0 Å². The van der Waals surface area contributed by atoms with Gasteiger partial charge in [-0.3, -0.25) is 0 Å². The third-order valence-electron chi connectivity index (χ3n) is 0.436. The van der Waals surface area contributed by atoms with Crippen LogP contribution in [-0.4, -0.2) is 19.4 Å². The van der Waals surface area contributed by atoms with E-state index in [-0.39, 0.29) is 36.7 Å². The summed E-state index contributed by atoms with van der Waals surface area (Å²) >= 11 is 0. The molecular weight excluding hydrogens is 155 g/mol. The molecule has 0 aromatic rings. The van der Waals surface area contributed by atoms with E-state index in [1.807, 2.05) is 0 Å². The van der Waals surface area contributed by atoms with E-state index in [1.165, 1.54) is 0 Å². The van der Waals surface area contributed by atoms with Crippen molar-refractivity contribution in [3.8, 4) is 0 Å². The summed E-state index contributed by atoms with van der Waals surface area (Å²) in [5.41, 5.74) is 0. The van der Waals surface area contributed by atoms with Crippen LogP contribution in [-0.2, 0) is 14.5 Å².